The summed E-state index contributed by atoms with van der Waals surface area (Å²) >= 11 is 3.43. The van der Waals surface area contributed by atoms with Gasteiger partial charge in [-0.15, -0.1) is 22.7 Å². The number of thiophene rings is 2. The van der Waals surface area contributed by atoms with Gasteiger partial charge in [-0.25, -0.2) is 4.79 Å². The molecule has 2 aromatic heterocycles. The molecule has 2 aromatic rings. The molecule has 0 saturated carbocycles. The Morgan fingerprint density at radius 3 is 2.78 bits per heavy atom. The van der Waals surface area contributed by atoms with E-state index in [2.05, 4.69) is 17.5 Å². The first kappa shape index (κ1) is 18.2. The maximum Gasteiger partial charge on any atom is 0.326 e. The van der Waals surface area contributed by atoms with Gasteiger partial charge < -0.3 is 9.80 Å². The first-order chi connectivity index (χ1) is 13.1. The summed E-state index contributed by atoms with van der Waals surface area (Å²) in [5.41, 5.74) is 1.23. The molecule has 4 amide bonds. The van der Waals surface area contributed by atoms with Crippen molar-refractivity contribution in [3.8, 4) is 0 Å². The molecule has 1 fully saturated rings. The van der Waals surface area contributed by atoms with Crippen LogP contribution in [0.25, 0.3) is 0 Å². The summed E-state index contributed by atoms with van der Waals surface area (Å²) in [5, 5.41) is 4.14. The van der Waals surface area contributed by atoms with Crippen molar-refractivity contribution in [3.63, 3.8) is 0 Å². The van der Waals surface area contributed by atoms with Crippen LogP contribution in [0.5, 0.6) is 0 Å². The zero-order valence-corrected chi connectivity index (χ0v) is 16.7. The van der Waals surface area contributed by atoms with Crippen LogP contribution in [0.3, 0.4) is 0 Å². The van der Waals surface area contributed by atoms with Crippen LogP contribution in [-0.4, -0.2) is 59.2 Å². The molecule has 0 N–H and O–H groups in total. The summed E-state index contributed by atoms with van der Waals surface area (Å²) in [6, 6.07) is 5.93. The molecular weight excluding hydrogens is 382 g/mol. The summed E-state index contributed by atoms with van der Waals surface area (Å²) in [6.07, 6.45) is 1.71. The Morgan fingerprint density at radius 1 is 1.22 bits per heavy atom. The van der Waals surface area contributed by atoms with Gasteiger partial charge in [0.1, 0.15) is 6.54 Å². The zero-order chi connectivity index (χ0) is 19.0. The highest BCUT2D eigenvalue weighted by Gasteiger charge is 2.35. The number of amides is 4. The van der Waals surface area contributed by atoms with Gasteiger partial charge in [0.2, 0.25) is 11.8 Å². The number of carbonyl (C=O) groups excluding carboxylic acids is 3. The van der Waals surface area contributed by atoms with Crippen LogP contribution in [-0.2, 0) is 16.0 Å². The summed E-state index contributed by atoms with van der Waals surface area (Å²) in [4.78, 5) is 43.9. The van der Waals surface area contributed by atoms with Crippen molar-refractivity contribution >= 4 is 40.5 Å². The van der Waals surface area contributed by atoms with Gasteiger partial charge in [-0.05, 0) is 41.3 Å². The van der Waals surface area contributed by atoms with E-state index in [0.717, 1.165) is 6.42 Å². The minimum absolute atomic E-state index is 0.0197. The molecule has 0 aromatic carbocycles. The van der Waals surface area contributed by atoms with E-state index in [1.54, 1.807) is 29.7 Å². The van der Waals surface area contributed by atoms with Gasteiger partial charge >= 0.3 is 6.03 Å². The minimum atomic E-state index is -0.273. The Morgan fingerprint density at radius 2 is 2.07 bits per heavy atom. The van der Waals surface area contributed by atoms with E-state index in [9.17, 15) is 14.4 Å². The summed E-state index contributed by atoms with van der Waals surface area (Å²) in [7, 11) is 1.61. The molecule has 4 rings (SSSR count). The third-order valence-corrected chi connectivity index (χ3v) is 7.02. The first-order valence-corrected chi connectivity index (χ1v) is 10.8. The van der Waals surface area contributed by atoms with Crippen molar-refractivity contribution in [1.29, 1.82) is 0 Å². The van der Waals surface area contributed by atoms with E-state index in [1.165, 1.54) is 25.1 Å². The van der Waals surface area contributed by atoms with E-state index in [4.69, 9.17) is 0 Å². The molecule has 1 atom stereocenters. The minimum Gasteiger partial charge on any atom is -0.330 e. The van der Waals surface area contributed by atoms with Gasteiger partial charge in [0.25, 0.3) is 0 Å². The molecule has 4 heterocycles. The van der Waals surface area contributed by atoms with Crippen LogP contribution >= 0.6 is 22.7 Å². The summed E-state index contributed by atoms with van der Waals surface area (Å²) in [6.45, 7) is 1.13. The van der Waals surface area contributed by atoms with Crippen LogP contribution in [0.1, 0.15) is 34.2 Å². The topological polar surface area (TPSA) is 60.9 Å². The van der Waals surface area contributed by atoms with E-state index in [-0.39, 0.29) is 30.4 Å². The van der Waals surface area contributed by atoms with Crippen LogP contribution in [0.15, 0.2) is 29.0 Å². The number of rotatable bonds is 5. The Kier molecular flexibility index (Phi) is 5.01. The molecule has 0 radical (unpaired) electrons. The molecule has 0 spiro atoms. The molecule has 2 aliphatic rings. The number of hydrogen-bond donors (Lipinski definition) is 0. The van der Waals surface area contributed by atoms with Crippen molar-refractivity contribution in [1.82, 2.24) is 14.7 Å². The average Bonchev–Trinajstić information content (AvgIpc) is 3.38. The monoisotopic (exact) mass is 403 g/mol. The van der Waals surface area contributed by atoms with Crippen molar-refractivity contribution in [2.45, 2.75) is 25.3 Å². The quantitative estimate of drug-likeness (QED) is 0.721. The van der Waals surface area contributed by atoms with Gasteiger partial charge in [0.05, 0.1) is 6.04 Å². The van der Waals surface area contributed by atoms with E-state index in [0.29, 0.717) is 25.9 Å². The van der Waals surface area contributed by atoms with Crippen LogP contribution in [0.4, 0.5) is 4.79 Å². The lowest BCUT2D eigenvalue weighted by molar-refractivity contribution is -0.134. The molecule has 6 nitrogen and oxygen atoms in total. The molecule has 1 saturated heterocycles. The molecule has 0 unspecified atom stereocenters. The molecule has 8 heteroatoms. The SMILES string of the molecule is CN1CC(=O)N(CCCC(=O)N2CCc3sccc3[C@@H]2c2cccs2)C1=O. The fraction of sp³-hybridized carbons (Fsp3) is 0.421. The number of nitrogens with zero attached hydrogens (tertiary/aromatic N) is 3. The third-order valence-electron chi connectivity index (χ3n) is 5.10. The molecule has 27 heavy (non-hydrogen) atoms. The molecule has 0 bridgehead atoms. The van der Waals surface area contributed by atoms with Crippen molar-refractivity contribution in [3.05, 3.63) is 44.3 Å². The lowest BCUT2D eigenvalue weighted by atomic mass is 9.98. The highest BCUT2D eigenvalue weighted by molar-refractivity contribution is 7.10. The number of imide groups is 1. The van der Waals surface area contributed by atoms with E-state index < -0.39 is 0 Å². The Hall–Kier alpha value is -2.19. The second-order valence-corrected chi connectivity index (χ2v) is 8.82. The van der Waals surface area contributed by atoms with Crippen molar-refractivity contribution < 1.29 is 14.4 Å². The Balaban J connectivity index is 1.43. The maximum absolute atomic E-state index is 13.0. The first-order valence-electron chi connectivity index (χ1n) is 9.01. The predicted molar refractivity (Wildman–Crippen MR) is 105 cm³/mol. The zero-order valence-electron chi connectivity index (χ0n) is 15.1. The van der Waals surface area contributed by atoms with Gasteiger partial charge in [0.15, 0.2) is 0 Å². The molecule has 0 aliphatic carbocycles. The predicted octanol–water partition coefficient (Wildman–Crippen LogP) is 2.96. The average molecular weight is 404 g/mol. The third kappa shape index (κ3) is 3.39. The highest BCUT2D eigenvalue weighted by atomic mass is 32.1. The van der Waals surface area contributed by atoms with Crippen LogP contribution < -0.4 is 0 Å². The molecule has 2 aliphatic heterocycles. The normalized spacial score (nSPS) is 19.7. The van der Waals surface area contributed by atoms with Gasteiger partial charge in [0, 0.05) is 36.3 Å². The smallest absolute Gasteiger partial charge is 0.326 e. The Labute approximate surface area is 166 Å². The standard InChI is InChI=1S/C19H21N3O3S2/c1-20-12-17(24)22(19(20)25)8-2-5-16(23)21-9-6-14-13(7-11-27-14)18(21)15-4-3-10-26-15/h3-4,7,10-11,18H,2,5-6,8-9,12H2,1H3/t18-/m1/s1. The number of urea groups is 1. The van der Waals surface area contributed by atoms with Crippen molar-refractivity contribution in [2.75, 3.05) is 26.7 Å². The Bertz CT molecular complexity index is 861. The summed E-state index contributed by atoms with van der Waals surface area (Å²) < 4.78 is 0. The van der Waals surface area contributed by atoms with Gasteiger partial charge in [-0.2, -0.15) is 0 Å². The summed E-state index contributed by atoms with van der Waals surface area (Å²) in [5.74, 6) is -0.106. The van der Waals surface area contributed by atoms with Crippen LogP contribution in [0, 0.1) is 0 Å². The number of fused-ring (bicyclic) bond motifs is 1. The maximum atomic E-state index is 13.0. The lowest BCUT2D eigenvalue weighted by Crippen LogP contribution is -2.40. The second kappa shape index (κ2) is 7.44. The van der Waals surface area contributed by atoms with Gasteiger partial charge in [-0.1, -0.05) is 6.07 Å². The fourth-order valence-corrected chi connectivity index (χ4v) is 5.52. The van der Waals surface area contributed by atoms with Gasteiger partial charge in [-0.3, -0.25) is 14.5 Å². The molecule has 142 valence electrons. The lowest BCUT2D eigenvalue weighted by Gasteiger charge is -2.35. The molecular formula is C19H21N3O3S2. The fourth-order valence-electron chi connectivity index (χ4n) is 3.76. The second-order valence-electron chi connectivity index (χ2n) is 6.84. The van der Waals surface area contributed by atoms with E-state index >= 15 is 0 Å². The number of likely N-dealkylation sites (N-methyl/N-ethyl adjacent to an activating group) is 1. The number of carbonyl (C=O) groups is 3. The number of hydrogen-bond acceptors (Lipinski definition) is 5. The van der Waals surface area contributed by atoms with Crippen LogP contribution in [0.2, 0.25) is 0 Å². The largest absolute Gasteiger partial charge is 0.330 e. The highest BCUT2D eigenvalue weighted by Crippen LogP contribution is 2.39. The van der Waals surface area contributed by atoms with E-state index in [1.807, 2.05) is 16.3 Å². The van der Waals surface area contributed by atoms with Crippen molar-refractivity contribution in [2.24, 2.45) is 0 Å².